The molecule has 2 heterocycles. The number of amides is 1. The summed E-state index contributed by atoms with van der Waals surface area (Å²) in [5.41, 5.74) is 3.19. The lowest BCUT2D eigenvalue weighted by atomic mass is 10.0. The second-order valence-corrected chi connectivity index (χ2v) is 6.60. The van der Waals surface area contributed by atoms with Gasteiger partial charge in [0.25, 0.3) is 5.91 Å². The van der Waals surface area contributed by atoms with E-state index in [4.69, 9.17) is 0 Å². The van der Waals surface area contributed by atoms with E-state index >= 15 is 0 Å². The fraction of sp³-hybridized carbons (Fsp3) is 0.412. The van der Waals surface area contributed by atoms with Crippen LogP contribution < -0.4 is 5.32 Å². The molecule has 0 aromatic carbocycles. The first kappa shape index (κ1) is 16.6. The Morgan fingerprint density at radius 2 is 2.14 bits per heavy atom. The first-order chi connectivity index (χ1) is 10.5. The van der Waals surface area contributed by atoms with Gasteiger partial charge < -0.3 is 10.4 Å². The molecule has 1 atom stereocenters. The molecule has 22 heavy (non-hydrogen) atoms. The van der Waals surface area contributed by atoms with Gasteiger partial charge in [-0.15, -0.1) is 0 Å². The van der Waals surface area contributed by atoms with Crippen LogP contribution >= 0.6 is 11.3 Å². The van der Waals surface area contributed by atoms with Crippen LogP contribution in [0, 0.1) is 12.8 Å². The number of carbonyl (C=O) groups excluding carboxylic acids is 1. The van der Waals surface area contributed by atoms with E-state index in [0.717, 1.165) is 17.7 Å². The Hall–Kier alpha value is -1.72. The highest BCUT2D eigenvalue weighted by Gasteiger charge is 2.17. The van der Waals surface area contributed by atoms with Gasteiger partial charge in [0.2, 0.25) is 0 Å². The number of rotatable bonds is 6. The number of aliphatic hydroxyl groups is 1. The zero-order valence-corrected chi connectivity index (χ0v) is 14.0. The van der Waals surface area contributed by atoms with Gasteiger partial charge in [-0.1, -0.05) is 13.8 Å². The van der Waals surface area contributed by atoms with Gasteiger partial charge in [-0.3, -0.25) is 9.78 Å². The maximum Gasteiger partial charge on any atom is 0.253 e. The molecule has 5 heteroatoms. The summed E-state index contributed by atoms with van der Waals surface area (Å²) in [6.45, 7) is 5.92. The van der Waals surface area contributed by atoms with Crippen LogP contribution in [0.3, 0.4) is 0 Å². The van der Waals surface area contributed by atoms with Crippen molar-refractivity contribution in [3.8, 4) is 11.3 Å². The minimum absolute atomic E-state index is 0.0522. The molecule has 0 aliphatic rings. The number of pyridine rings is 1. The van der Waals surface area contributed by atoms with Crippen molar-refractivity contribution in [2.24, 2.45) is 5.92 Å². The molecule has 1 amide bonds. The minimum atomic E-state index is -0.219. The summed E-state index contributed by atoms with van der Waals surface area (Å²) in [5.74, 6) is 0.235. The third-order valence-corrected chi connectivity index (χ3v) is 4.14. The Labute approximate surface area is 135 Å². The Balaban J connectivity index is 2.13. The number of nitrogens with one attached hydrogen (secondary N) is 1. The van der Waals surface area contributed by atoms with Crippen LogP contribution in [-0.4, -0.2) is 28.6 Å². The van der Waals surface area contributed by atoms with Crippen LogP contribution in [0.1, 0.15) is 36.3 Å². The summed E-state index contributed by atoms with van der Waals surface area (Å²) in [4.78, 5) is 16.9. The summed E-state index contributed by atoms with van der Waals surface area (Å²) in [6, 6.07) is 5.45. The number of hydrogen-bond acceptors (Lipinski definition) is 4. The van der Waals surface area contributed by atoms with Gasteiger partial charge in [-0.05, 0) is 42.8 Å². The Bertz CT molecular complexity index is 624. The predicted octanol–water partition coefficient (Wildman–Crippen LogP) is 3.26. The SMILES string of the molecule is Cc1nc(-c2ccsc2)ccc1C(=O)NC(CO)CC(C)C. The summed E-state index contributed by atoms with van der Waals surface area (Å²) in [5, 5.41) is 16.3. The molecule has 0 fully saturated rings. The molecular weight excluding hydrogens is 296 g/mol. The maximum absolute atomic E-state index is 12.4. The molecular formula is C17H22N2O2S. The molecule has 0 aliphatic heterocycles. The number of nitrogens with zero attached hydrogens (tertiary/aromatic N) is 1. The second kappa shape index (κ2) is 7.51. The van der Waals surface area contributed by atoms with Crippen LogP contribution in [-0.2, 0) is 0 Å². The Kier molecular flexibility index (Phi) is 5.69. The number of hydrogen-bond donors (Lipinski definition) is 2. The van der Waals surface area contributed by atoms with Crippen molar-refractivity contribution in [3.05, 3.63) is 40.2 Å². The van der Waals surface area contributed by atoms with E-state index < -0.39 is 0 Å². The van der Waals surface area contributed by atoms with Crippen molar-refractivity contribution in [2.75, 3.05) is 6.61 Å². The molecule has 0 aliphatic carbocycles. The molecule has 0 radical (unpaired) electrons. The van der Waals surface area contributed by atoms with Gasteiger partial charge in [0, 0.05) is 10.9 Å². The van der Waals surface area contributed by atoms with E-state index in [1.807, 2.05) is 29.8 Å². The van der Waals surface area contributed by atoms with Gasteiger partial charge in [-0.25, -0.2) is 0 Å². The quantitative estimate of drug-likeness (QED) is 0.859. The van der Waals surface area contributed by atoms with Gasteiger partial charge in [0.05, 0.1) is 29.6 Å². The van der Waals surface area contributed by atoms with Crippen molar-refractivity contribution in [1.82, 2.24) is 10.3 Å². The largest absolute Gasteiger partial charge is 0.394 e. The standard InChI is InChI=1S/C17H22N2O2S/c1-11(2)8-14(9-20)19-17(21)15-4-5-16(18-12(15)3)13-6-7-22-10-13/h4-7,10-11,14,20H,8-9H2,1-3H3,(H,19,21). The number of carbonyl (C=O) groups is 1. The molecule has 2 N–H and O–H groups in total. The number of aromatic nitrogens is 1. The molecule has 0 spiro atoms. The number of aliphatic hydroxyl groups excluding tert-OH is 1. The van der Waals surface area contributed by atoms with Crippen LogP contribution in [0.4, 0.5) is 0 Å². The zero-order chi connectivity index (χ0) is 16.1. The van der Waals surface area contributed by atoms with Gasteiger partial charge in [-0.2, -0.15) is 11.3 Å². The molecule has 1 unspecified atom stereocenters. The molecule has 0 saturated carbocycles. The fourth-order valence-corrected chi connectivity index (χ4v) is 3.03. The smallest absolute Gasteiger partial charge is 0.253 e. The topological polar surface area (TPSA) is 62.2 Å². The monoisotopic (exact) mass is 318 g/mol. The summed E-state index contributed by atoms with van der Waals surface area (Å²) in [7, 11) is 0. The van der Waals surface area contributed by atoms with Crippen molar-refractivity contribution >= 4 is 17.2 Å². The van der Waals surface area contributed by atoms with E-state index in [1.165, 1.54) is 0 Å². The maximum atomic E-state index is 12.4. The van der Waals surface area contributed by atoms with Gasteiger partial charge in [0.15, 0.2) is 0 Å². The first-order valence-corrected chi connectivity index (χ1v) is 8.37. The lowest BCUT2D eigenvalue weighted by Crippen LogP contribution is -2.38. The second-order valence-electron chi connectivity index (χ2n) is 5.82. The van der Waals surface area contributed by atoms with Crippen LogP contribution in [0.15, 0.2) is 29.0 Å². The number of thiophene rings is 1. The third kappa shape index (κ3) is 4.15. The third-order valence-electron chi connectivity index (χ3n) is 3.46. The van der Waals surface area contributed by atoms with Crippen LogP contribution in [0.2, 0.25) is 0 Å². The fourth-order valence-electron chi connectivity index (χ4n) is 2.38. The van der Waals surface area contributed by atoms with E-state index in [-0.39, 0.29) is 18.6 Å². The normalized spacial score (nSPS) is 12.4. The summed E-state index contributed by atoms with van der Waals surface area (Å²) < 4.78 is 0. The summed E-state index contributed by atoms with van der Waals surface area (Å²) in [6.07, 6.45) is 0.752. The highest BCUT2D eigenvalue weighted by Crippen LogP contribution is 2.21. The Morgan fingerprint density at radius 3 is 2.68 bits per heavy atom. The molecule has 2 rings (SSSR count). The van der Waals surface area contributed by atoms with Crippen molar-refractivity contribution in [3.63, 3.8) is 0 Å². The van der Waals surface area contributed by atoms with Gasteiger partial charge >= 0.3 is 0 Å². The van der Waals surface area contributed by atoms with Crippen molar-refractivity contribution < 1.29 is 9.90 Å². The lowest BCUT2D eigenvalue weighted by Gasteiger charge is -2.18. The molecule has 4 nitrogen and oxygen atoms in total. The molecule has 2 aromatic heterocycles. The minimum Gasteiger partial charge on any atom is -0.394 e. The van der Waals surface area contributed by atoms with E-state index in [1.54, 1.807) is 17.4 Å². The zero-order valence-electron chi connectivity index (χ0n) is 13.2. The van der Waals surface area contributed by atoms with Crippen LogP contribution in [0.25, 0.3) is 11.3 Å². The molecule has 0 bridgehead atoms. The molecule has 118 valence electrons. The first-order valence-electron chi connectivity index (χ1n) is 7.43. The van der Waals surface area contributed by atoms with E-state index in [0.29, 0.717) is 17.2 Å². The van der Waals surface area contributed by atoms with Crippen LogP contribution in [0.5, 0.6) is 0 Å². The predicted molar refractivity (Wildman–Crippen MR) is 90.1 cm³/mol. The van der Waals surface area contributed by atoms with Crippen molar-refractivity contribution in [1.29, 1.82) is 0 Å². The average molecular weight is 318 g/mol. The highest BCUT2D eigenvalue weighted by molar-refractivity contribution is 7.08. The highest BCUT2D eigenvalue weighted by atomic mass is 32.1. The molecule has 2 aromatic rings. The molecule has 0 saturated heterocycles. The Morgan fingerprint density at radius 1 is 1.36 bits per heavy atom. The number of aryl methyl sites for hydroxylation is 1. The van der Waals surface area contributed by atoms with E-state index in [2.05, 4.69) is 24.1 Å². The lowest BCUT2D eigenvalue weighted by molar-refractivity contribution is 0.0907. The summed E-state index contributed by atoms with van der Waals surface area (Å²) >= 11 is 1.62. The van der Waals surface area contributed by atoms with E-state index in [9.17, 15) is 9.90 Å². The van der Waals surface area contributed by atoms with Gasteiger partial charge in [0.1, 0.15) is 0 Å². The average Bonchev–Trinajstić information content (AvgIpc) is 2.99. The van der Waals surface area contributed by atoms with Crippen molar-refractivity contribution in [2.45, 2.75) is 33.2 Å².